The number of carbonyl (C=O) groups is 1. The molecule has 10 nitrogen and oxygen atoms in total. The van der Waals surface area contributed by atoms with Crippen LogP contribution in [0.15, 0.2) is 39.6 Å². The molecular weight excluding hydrogens is 434 g/mol. The molecule has 3 aromatic rings. The third-order valence-corrected chi connectivity index (χ3v) is 6.50. The van der Waals surface area contributed by atoms with Crippen LogP contribution in [0.1, 0.15) is 44.1 Å². The van der Waals surface area contributed by atoms with E-state index in [0.717, 1.165) is 37.7 Å². The zero-order valence-corrected chi connectivity index (χ0v) is 20.5. The average molecular weight is 468 g/mol. The Balaban J connectivity index is 1.37. The van der Waals surface area contributed by atoms with Crippen LogP contribution >= 0.6 is 0 Å². The molecule has 1 aromatic carbocycles. The molecular formula is C24H33N7O3. The van der Waals surface area contributed by atoms with Gasteiger partial charge in [-0.3, -0.25) is 24.1 Å². The van der Waals surface area contributed by atoms with E-state index in [1.165, 1.54) is 0 Å². The van der Waals surface area contributed by atoms with Gasteiger partial charge < -0.3 is 9.84 Å². The zero-order valence-electron chi connectivity index (χ0n) is 20.5. The van der Waals surface area contributed by atoms with Crippen molar-refractivity contribution in [2.75, 3.05) is 31.5 Å². The van der Waals surface area contributed by atoms with E-state index in [4.69, 9.17) is 4.52 Å². The summed E-state index contributed by atoms with van der Waals surface area (Å²) in [5.41, 5.74) is 1.54. The molecule has 0 aliphatic carbocycles. The lowest BCUT2D eigenvalue weighted by Crippen LogP contribution is -2.52. The molecule has 1 N–H and O–H groups in total. The molecule has 0 spiro atoms. The number of amides is 1. The lowest BCUT2D eigenvalue weighted by Gasteiger charge is -2.36. The molecule has 4 rings (SSSR count). The third-order valence-electron chi connectivity index (χ3n) is 6.50. The van der Waals surface area contributed by atoms with Gasteiger partial charge in [0.25, 0.3) is 5.56 Å². The van der Waals surface area contributed by atoms with E-state index in [0.29, 0.717) is 23.8 Å². The van der Waals surface area contributed by atoms with Gasteiger partial charge in [-0.1, -0.05) is 37.2 Å². The summed E-state index contributed by atoms with van der Waals surface area (Å²) in [6.07, 6.45) is 0. The second-order valence-electron chi connectivity index (χ2n) is 9.11. The summed E-state index contributed by atoms with van der Waals surface area (Å²) in [4.78, 5) is 35.0. The molecule has 0 radical (unpaired) electrons. The van der Waals surface area contributed by atoms with Gasteiger partial charge in [0.05, 0.1) is 24.0 Å². The van der Waals surface area contributed by atoms with Crippen molar-refractivity contribution in [3.8, 4) is 5.69 Å². The van der Waals surface area contributed by atoms with E-state index >= 15 is 0 Å². The highest BCUT2D eigenvalue weighted by atomic mass is 16.5. The summed E-state index contributed by atoms with van der Waals surface area (Å²) < 4.78 is 8.69. The van der Waals surface area contributed by atoms with Crippen LogP contribution in [0.5, 0.6) is 0 Å². The van der Waals surface area contributed by atoms with Gasteiger partial charge in [-0.25, -0.2) is 4.68 Å². The van der Waals surface area contributed by atoms with E-state index in [2.05, 4.69) is 25.3 Å². The van der Waals surface area contributed by atoms with Gasteiger partial charge >= 0.3 is 0 Å². The van der Waals surface area contributed by atoms with Gasteiger partial charge in [0.1, 0.15) is 5.69 Å². The van der Waals surface area contributed by atoms with Crippen molar-refractivity contribution in [3.63, 3.8) is 0 Å². The number of benzene rings is 1. The Morgan fingerprint density at radius 2 is 1.79 bits per heavy atom. The zero-order chi connectivity index (χ0) is 24.4. The third kappa shape index (κ3) is 4.83. The fourth-order valence-electron chi connectivity index (χ4n) is 4.17. The lowest BCUT2D eigenvalue weighted by molar-refractivity contribution is -0.121. The number of rotatable bonds is 7. The number of anilines is 1. The van der Waals surface area contributed by atoms with E-state index in [-0.39, 0.29) is 23.4 Å². The van der Waals surface area contributed by atoms with Crippen molar-refractivity contribution in [1.29, 1.82) is 0 Å². The molecule has 1 amide bonds. The number of para-hydroxylation sites is 1. The van der Waals surface area contributed by atoms with Crippen LogP contribution in [-0.2, 0) is 18.4 Å². The maximum Gasteiger partial charge on any atom is 0.295 e. The topological polar surface area (TPSA) is 101 Å². The molecule has 1 atom stereocenters. The Morgan fingerprint density at radius 3 is 2.41 bits per heavy atom. The fourth-order valence-corrected chi connectivity index (χ4v) is 4.17. The SMILES string of the molecule is Cc1c(NC(=O)C(C)N2CCN(Cc3nc(C(C)C)no3)CC2)c(=O)n(-c2ccccc2)n1C. The highest BCUT2D eigenvalue weighted by molar-refractivity contribution is 5.95. The standard InChI is InChI=1S/C24H33N7O3/c1-16(2)22-25-20(34-27-22)15-29-11-13-30(14-12-29)18(4)23(32)26-21-17(3)28(5)31(24(21)33)19-9-7-6-8-10-19/h6-10,16,18H,11-15H2,1-5H3,(H,26,32). The van der Waals surface area contributed by atoms with Gasteiger partial charge in [-0.2, -0.15) is 4.98 Å². The number of hydrogen-bond acceptors (Lipinski definition) is 7. The molecule has 182 valence electrons. The van der Waals surface area contributed by atoms with E-state index in [1.807, 2.05) is 65.1 Å². The number of aromatic nitrogens is 4. The second kappa shape index (κ2) is 9.94. The lowest BCUT2D eigenvalue weighted by atomic mass is 10.2. The monoisotopic (exact) mass is 467 g/mol. The minimum Gasteiger partial charge on any atom is -0.338 e. The predicted molar refractivity (Wildman–Crippen MR) is 129 cm³/mol. The quantitative estimate of drug-likeness (QED) is 0.568. The highest BCUT2D eigenvalue weighted by Gasteiger charge is 2.28. The molecule has 0 bridgehead atoms. The van der Waals surface area contributed by atoms with Gasteiger partial charge in [-0.05, 0) is 26.0 Å². The van der Waals surface area contributed by atoms with Crippen molar-refractivity contribution in [3.05, 3.63) is 58.1 Å². The molecule has 1 saturated heterocycles. The number of nitrogens with one attached hydrogen (secondary N) is 1. The summed E-state index contributed by atoms with van der Waals surface area (Å²) in [5.74, 6) is 1.40. The van der Waals surface area contributed by atoms with Crippen molar-refractivity contribution >= 4 is 11.6 Å². The Hall–Kier alpha value is -3.24. The minimum atomic E-state index is -0.359. The number of hydrogen-bond donors (Lipinski definition) is 1. The van der Waals surface area contributed by atoms with Crippen LogP contribution in [0, 0.1) is 6.92 Å². The molecule has 1 unspecified atom stereocenters. The summed E-state index contributed by atoms with van der Waals surface area (Å²) in [6, 6.07) is 9.04. The second-order valence-corrected chi connectivity index (χ2v) is 9.11. The maximum atomic E-state index is 13.1. The molecule has 10 heteroatoms. The summed E-state index contributed by atoms with van der Waals surface area (Å²) >= 11 is 0. The first-order valence-corrected chi connectivity index (χ1v) is 11.7. The molecule has 2 aromatic heterocycles. The first kappa shape index (κ1) is 23.9. The van der Waals surface area contributed by atoms with Gasteiger partial charge in [0.15, 0.2) is 5.82 Å². The normalized spacial score (nSPS) is 16.2. The average Bonchev–Trinajstić information content (AvgIpc) is 3.38. The Morgan fingerprint density at radius 1 is 1.12 bits per heavy atom. The molecule has 1 aliphatic rings. The van der Waals surface area contributed by atoms with Crippen LogP contribution in [0.25, 0.3) is 5.69 Å². The van der Waals surface area contributed by atoms with E-state index in [1.54, 1.807) is 9.36 Å². The number of piperazine rings is 1. The largest absolute Gasteiger partial charge is 0.338 e. The Labute approximate surface area is 199 Å². The number of nitrogens with zero attached hydrogens (tertiary/aromatic N) is 6. The molecule has 1 fully saturated rings. The van der Waals surface area contributed by atoms with Crippen LogP contribution in [-0.4, -0.2) is 67.4 Å². The smallest absolute Gasteiger partial charge is 0.295 e. The van der Waals surface area contributed by atoms with Crippen molar-refractivity contribution < 1.29 is 9.32 Å². The maximum absolute atomic E-state index is 13.1. The fraction of sp³-hybridized carbons (Fsp3) is 0.500. The summed E-state index contributed by atoms with van der Waals surface area (Å²) in [7, 11) is 1.82. The van der Waals surface area contributed by atoms with E-state index < -0.39 is 0 Å². The van der Waals surface area contributed by atoms with Crippen molar-refractivity contribution in [2.45, 2.75) is 46.2 Å². The van der Waals surface area contributed by atoms with Crippen LogP contribution < -0.4 is 10.9 Å². The van der Waals surface area contributed by atoms with Crippen molar-refractivity contribution in [1.82, 2.24) is 29.3 Å². The predicted octanol–water partition coefficient (Wildman–Crippen LogP) is 2.14. The van der Waals surface area contributed by atoms with Gasteiger partial charge in [0, 0.05) is 39.1 Å². The summed E-state index contributed by atoms with van der Waals surface area (Å²) in [6.45, 7) is 11.5. The number of carbonyl (C=O) groups excluding carboxylic acids is 1. The first-order valence-electron chi connectivity index (χ1n) is 11.7. The first-order chi connectivity index (χ1) is 16.3. The highest BCUT2D eigenvalue weighted by Crippen LogP contribution is 2.16. The van der Waals surface area contributed by atoms with Crippen molar-refractivity contribution in [2.24, 2.45) is 7.05 Å². The van der Waals surface area contributed by atoms with Crippen LogP contribution in [0.4, 0.5) is 5.69 Å². The molecule has 3 heterocycles. The molecule has 1 aliphatic heterocycles. The Bertz CT molecular complexity index is 1190. The minimum absolute atomic E-state index is 0.182. The van der Waals surface area contributed by atoms with Gasteiger partial charge in [-0.15, -0.1) is 0 Å². The van der Waals surface area contributed by atoms with Gasteiger partial charge in [0.2, 0.25) is 11.8 Å². The van der Waals surface area contributed by atoms with Crippen LogP contribution in [0.3, 0.4) is 0 Å². The Kier molecular flexibility index (Phi) is 6.99. The molecule has 0 saturated carbocycles. The van der Waals surface area contributed by atoms with Crippen LogP contribution in [0.2, 0.25) is 0 Å². The van der Waals surface area contributed by atoms with E-state index in [9.17, 15) is 9.59 Å². The molecule has 34 heavy (non-hydrogen) atoms. The summed E-state index contributed by atoms with van der Waals surface area (Å²) in [5, 5.41) is 6.91.